The summed E-state index contributed by atoms with van der Waals surface area (Å²) in [6, 6.07) is 19.1. The Bertz CT molecular complexity index is 1350. The van der Waals surface area contributed by atoms with Gasteiger partial charge in [-0.25, -0.2) is 14.5 Å². The highest BCUT2D eigenvalue weighted by molar-refractivity contribution is 6.39. The first-order chi connectivity index (χ1) is 17.4. The van der Waals surface area contributed by atoms with Crippen molar-refractivity contribution < 1.29 is 33.8 Å². The smallest absolute Gasteiger partial charge is 0.335 e. The maximum absolute atomic E-state index is 13.2. The first-order valence-corrected chi connectivity index (χ1v) is 11.1. The maximum Gasteiger partial charge on any atom is 0.335 e. The second-order valence-corrected chi connectivity index (χ2v) is 7.72. The van der Waals surface area contributed by atoms with E-state index in [0.29, 0.717) is 18.1 Å². The van der Waals surface area contributed by atoms with Crippen LogP contribution in [-0.2, 0) is 16.2 Å². The molecule has 182 valence electrons. The molecule has 1 heterocycles. The number of carbonyl (C=O) groups excluding carboxylic acids is 3. The molecule has 9 heteroatoms. The van der Waals surface area contributed by atoms with Crippen LogP contribution in [0.5, 0.6) is 11.5 Å². The maximum atomic E-state index is 13.2. The SMILES string of the molecule is CCOc1ccc(C(=O)O)cc1/C=C1\C(=O)NC(=O)N(c2ccc(OCc3ccccc3)cc2)C1=O. The van der Waals surface area contributed by atoms with Crippen molar-refractivity contribution in [3.05, 3.63) is 95.1 Å². The lowest BCUT2D eigenvalue weighted by atomic mass is 10.0. The van der Waals surface area contributed by atoms with E-state index < -0.39 is 23.8 Å². The van der Waals surface area contributed by atoms with Gasteiger partial charge in [-0.3, -0.25) is 14.9 Å². The number of carboxylic acids is 1. The van der Waals surface area contributed by atoms with Crippen LogP contribution in [0.25, 0.3) is 6.08 Å². The number of carboxylic acid groups (broad SMARTS) is 1. The number of aromatic carboxylic acids is 1. The van der Waals surface area contributed by atoms with Gasteiger partial charge in [0.05, 0.1) is 17.9 Å². The monoisotopic (exact) mass is 486 g/mol. The molecule has 1 aliphatic heterocycles. The van der Waals surface area contributed by atoms with E-state index in [9.17, 15) is 24.3 Å². The molecule has 0 bridgehead atoms. The van der Waals surface area contributed by atoms with Crippen LogP contribution in [0.4, 0.5) is 10.5 Å². The van der Waals surface area contributed by atoms with Crippen molar-refractivity contribution in [1.29, 1.82) is 0 Å². The fraction of sp³-hybridized carbons (Fsp3) is 0.111. The quantitative estimate of drug-likeness (QED) is 0.364. The predicted octanol–water partition coefficient (Wildman–Crippen LogP) is 4.03. The Morgan fingerprint density at radius 3 is 2.36 bits per heavy atom. The van der Waals surface area contributed by atoms with Gasteiger partial charge in [-0.05, 0) is 61.0 Å². The van der Waals surface area contributed by atoms with E-state index in [1.54, 1.807) is 19.1 Å². The Kier molecular flexibility index (Phi) is 7.10. The molecule has 0 aromatic heterocycles. The molecule has 4 amide bonds. The molecular formula is C27H22N2O7. The van der Waals surface area contributed by atoms with E-state index in [1.807, 2.05) is 30.3 Å². The molecule has 9 nitrogen and oxygen atoms in total. The van der Waals surface area contributed by atoms with E-state index in [0.717, 1.165) is 10.5 Å². The molecule has 4 rings (SSSR count). The fourth-order valence-corrected chi connectivity index (χ4v) is 3.56. The molecule has 0 radical (unpaired) electrons. The minimum Gasteiger partial charge on any atom is -0.493 e. The van der Waals surface area contributed by atoms with Gasteiger partial charge in [0.15, 0.2) is 0 Å². The number of rotatable bonds is 8. The first kappa shape index (κ1) is 24.2. The summed E-state index contributed by atoms with van der Waals surface area (Å²) in [5.74, 6) is -2.11. The number of carbonyl (C=O) groups is 4. The molecule has 2 N–H and O–H groups in total. The minimum atomic E-state index is -1.18. The predicted molar refractivity (Wildman–Crippen MR) is 131 cm³/mol. The molecule has 36 heavy (non-hydrogen) atoms. The number of imide groups is 2. The van der Waals surface area contributed by atoms with Crippen LogP contribution < -0.4 is 19.7 Å². The standard InChI is InChI=1S/C27H22N2O7/c1-2-35-23-13-8-18(26(32)33)14-19(23)15-22-24(30)28-27(34)29(25(22)31)20-9-11-21(12-10-20)36-16-17-6-4-3-5-7-17/h3-15H,2,16H2,1H3,(H,32,33)(H,28,30,34)/b22-15+. The molecule has 1 fully saturated rings. The van der Waals surface area contributed by atoms with Crippen molar-refractivity contribution in [3.63, 3.8) is 0 Å². The zero-order chi connectivity index (χ0) is 25.7. The summed E-state index contributed by atoms with van der Waals surface area (Å²) in [5.41, 5.74) is 1.04. The van der Waals surface area contributed by atoms with Crippen molar-refractivity contribution >= 4 is 35.6 Å². The highest BCUT2D eigenvalue weighted by atomic mass is 16.5. The van der Waals surface area contributed by atoms with E-state index in [1.165, 1.54) is 36.4 Å². The number of nitrogens with zero attached hydrogens (tertiary/aromatic N) is 1. The number of ether oxygens (including phenoxy) is 2. The zero-order valence-electron chi connectivity index (χ0n) is 19.3. The fourth-order valence-electron chi connectivity index (χ4n) is 3.56. The number of barbiturate groups is 1. The summed E-state index contributed by atoms with van der Waals surface area (Å²) in [4.78, 5) is 50.5. The van der Waals surface area contributed by atoms with Crippen molar-refractivity contribution in [3.8, 4) is 11.5 Å². The van der Waals surface area contributed by atoms with Crippen LogP contribution >= 0.6 is 0 Å². The molecule has 3 aromatic rings. The van der Waals surface area contributed by atoms with E-state index in [-0.39, 0.29) is 29.0 Å². The Morgan fingerprint density at radius 2 is 1.69 bits per heavy atom. The lowest BCUT2D eigenvalue weighted by Crippen LogP contribution is -2.54. The number of urea groups is 1. The Hall–Kier alpha value is -4.92. The number of amides is 4. The molecule has 1 aliphatic rings. The molecular weight excluding hydrogens is 464 g/mol. The van der Waals surface area contributed by atoms with Crippen LogP contribution in [0.1, 0.15) is 28.4 Å². The summed E-state index contributed by atoms with van der Waals surface area (Å²) in [6.45, 7) is 2.38. The molecule has 0 aliphatic carbocycles. The van der Waals surface area contributed by atoms with E-state index in [2.05, 4.69) is 5.32 Å². The third-order valence-electron chi connectivity index (χ3n) is 5.30. The summed E-state index contributed by atoms with van der Waals surface area (Å²) in [6.07, 6.45) is 1.21. The van der Waals surface area contributed by atoms with Crippen molar-refractivity contribution in [2.75, 3.05) is 11.5 Å². The van der Waals surface area contributed by atoms with Crippen LogP contribution in [0.3, 0.4) is 0 Å². The van der Waals surface area contributed by atoms with Crippen LogP contribution in [0.2, 0.25) is 0 Å². The first-order valence-electron chi connectivity index (χ1n) is 11.1. The Balaban J connectivity index is 1.60. The van der Waals surface area contributed by atoms with Gasteiger partial charge < -0.3 is 14.6 Å². The number of hydrogen-bond donors (Lipinski definition) is 2. The minimum absolute atomic E-state index is 0.0482. The Morgan fingerprint density at radius 1 is 0.972 bits per heavy atom. The Labute approximate surface area is 206 Å². The van der Waals surface area contributed by atoms with Crippen LogP contribution in [-0.4, -0.2) is 35.5 Å². The second-order valence-electron chi connectivity index (χ2n) is 7.72. The van der Waals surface area contributed by atoms with Gasteiger partial charge in [0, 0.05) is 5.56 Å². The normalized spacial score (nSPS) is 14.5. The average molecular weight is 486 g/mol. The molecule has 3 aromatic carbocycles. The van der Waals surface area contributed by atoms with Crippen molar-refractivity contribution in [2.24, 2.45) is 0 Å². The average Bonchev–Trinajstić information content (AvgIpc) is 2.87. The number of benzene rings is 3. The van der Waals surface area contributed by atoms with E-state index in [4.69, 9.17) is 9.47 Å². The van der Waals surface area contributed by atoms with Gasteiger partial charge in [-0.15, -0.1) is 0 Å². The summed E-state index contributed by atoms with van der Waals surface area (Å²) >= 11 is 0. The number of hydrogen-bond acceptors (Lipinski definition) is 6. The van der Waals surface area contributed by atoms with Gasteiger partial charge in [-0.1, -0.05) is 30.3 Å². The molecule has 0 spiro atoms. The third-order valence-corrected chi connectivity index (χ3v) is 5.30. The number of anilines is 1. The summed E-state index contributed by atoms with van der Waals surface area (Å²) in [5, 5.41) is 11.5. The van der Waals surface area contributed by atoms with E-state index >= 15 is 0 Å². The molecule has 0 saturated carbocycles. The summed E-state index contributed by atoms with van der Waals surface area (Å²) in [7, 11) is 0. The highest BCUT2D eigenvalue weighted by Gasteiger charge is 2.37. The highest BCUT2D eigenvalue weighted by Crippen LogP contribution is 2.28. The third kappa shape index (κ3) is 5.25. The van der Waals surface area contributed by atoms with Crippen molar-refractivity contribution in [1.82, 2.24) is 5.32 Å². The van der Waals surface area contributed by atoms with Crippen molar-refractivity contribution in [2.45, 2.75) is 13.5 Å². The summed E-state index contributed by atoms with van der Waals surface area (Å²) < 4.78 is 11.3. The topological polar surface area (TPSA) is 122 Å². The number of nitrogens with one attached hydrogen (secondary N) is 1. The van der Waals surface area contributed by atoms with Crippen LogP contribution in [0.15, 0.2) is 78.4 Å². The largest absolute Gasteiger partial charge is 0.493 e. The molecule has 1 saturated heterocycles. The lowest BCUT2D eigenvalue weighted by molar-refractivity contribution is -0.122. The van der Waals surface area contributed by atoms with Gasteiger partial charge in [0.25, 0.3) is 11.8 Å². The van der Waals surface area contributed by atoms with Gasteiger partial charge >= 0.3 is 12.0 Å². The molecule has 0 atom stereocenters. The second kappa shape index (κ2) is 10.6. The zero-order valence-corrected chi connectivity index (χ0v) is 19.3. The van der Waals surface area contributed by atoms with Crippen LogP contribution in [0, 0.1) is 0 Å². The van der Waals surface area contributed by atoms with Gasteiger partial charge in [0.2, 0.25) is 0 Å². The lowest BCUT2D eigenvalue weighted by Gasteiger charge is -2.26. The molecule has 0 unspecified atom stereocenters. The van der Waals surface area contributed by atoms with Gasteiger partial charge in [0.1, 0.15) is 23.7 Å². The van der Waals surface area contributed by atoms with Gasteiger partial charge in [-0.2, -0.15) is 0 Å².